The van der Waals surface area contributed by atoms with E-state index in [1.165, 1.54) is 24.0 Å². The Bertz CT molecular complexity index is 1560. The molecule has 3 aliphatic rings. The van der Waals surface area contributed by atoms with Crippen LogP contribution in [0.2, 0.25) is 0 Å². The van der Waals surface area contributed by atoms with E-state index >= 15 is 0 Å². The van der Waals surface area contributed by atoms with E-state index in [4.69, 9.17) is 0 Å². The van der Waals surface area contributed by atoms with Gasteiger partial charge in [0.2, 0.25) is 5.91 Å². The number of benzene rings is 4. The molecule has 0 bridgehead atoms. The molecule has 1 saturated carbocycles. The molecule has 2 amide bonds. The summed E-state index contributed by atoms with van der Waals surface area (Å²) >= 11 is 0. The molecule has 6 heteroatoms. The van der Waals surface area contributed by atoms with Gasteiger partial charge in [-0.05, 0) is 72.8 Å². The van der Waals surface area contributed by atoms with Crippen molar-refractivity contribution in [2.24, 2.45) is 5.92 Å². The molecule has 0 radical (unpaired) electrons. The number of fused-ring (bicyclic) bond motifs is 1. The van der Waals surface area contributed by atoms with Gasteiger partial charge in [-0.25, -0.2) is 0 Å². The second kappa shape index (κ2) is 12.5. The lowest BCUT2D eigenvalue weighted by Gasteiger charge is -2.30. The molecule has 4 aromatic carbocycles. The van der Waals surface area contributed by atoms with Gasteiger partial charge in [0.15, 0.2) is 0 Å². The molecule has 2 saturated heterocycles. The Morgan fingerprint density at radius 1 is 0.841 bits per heavy atom. The number of likely N-dealkylation sites (tertiary alicyclic amines) is 1. The Kier molecular flexibility index (Phi) is 8.20. The monoisotopic (exact) mass is 586 g/mol. The fourth-order valence-electron chi connectivity index (χ4n) is 7.43. The fraction of sp³-hybridized carbons (Fsp3) is 0.368. The molecule has 44 heavy (non-hydrogen) atoms. The molecule has 3 atom stereocenters. The summed E-state index contributed by atoms with van der Waals surface area (Å²) in [6.45, 7) is 5.01. The first-order valence-corrected chi connectivity index (χ1v) is 16.3. The Morgan fingerprint density at radius 3 is 2.20 bits per heavy atom. The summed E-state index contributed by atoms with van der Waals surface area (Å²) in [7, 11) is 0. The molecule has 2 heterocycles. The predicted octanol–water partition coefficient (Wildman–Crippen LogP) is 5.45. The predicted molar refractivity (Wildman–Crippen MR) is 176 cm³/mol. The fourth-order valence-corrected chi connectivity index (χ4v) is 7.43. The summed E-state index contributed by atoms with van der Waals surface area (Å²) in [5, 5.41) is 9.20. The van der Waals surface area contributed by atoms with Gasteiger partial charge < -0.3 is 15.1 Å². The van der Waals surface area contributed by atoms with Gasteiger partial charge in [-0.15, -0.1) is 0 Å². The number of rotatable bonds is 9. The molecule has 2 unspecified atom stereocenters. The summed E-state index contributed by atoms with van der Waals surface area (Å²) in [6, 6.07) is 35.1. The standard InChI is InChI=1S/C38H42N4O2/c43-36(32-18-17-28-11-7-8-16-31(28)23-32)39-25-34-19-22-42(37(44)38(40-34)24-33(38)26-41-20-9-10-21-41)27-35(29-12-3-1-4-13-29)30-14-5-2-6-15-30/h1-8,11-18,23,33-35,40H,9-10,19-22,24-27H2,(H,39,43)/t33?,34-,38?/m0/s1. The molecule has 7 rings (SSSR count). The number of nitrogens with zero attached hydrogens (tertiary/aromatic N) is 2. The van der Waals surface area contributed by atoms with E-state index in [1.54, 1.807) is 0 Å². The third-order valence-electron chi connectivity index (χ3n) is 9.99. The number of carbonyl (C=O) groups excluding carboxylic acids is 2. The lowest BCUT2D eigenvalue weighted by Crippen LogP contribution is -2.53. The van der Waals surface area contributed by atoms with Gasteiger partial charge in [0.25, 0.3) is 5.91 Å². The van der Waals surface area contributed by atoms with Gasteiger partial charge in [-0.2, -0.15) is 0 Å². The summed E-state index contributed by atoms with van der Waals surface area (Å²) in [5.41, 5.74) is 2.55. The maximum absolute atomic E-state index is 14.5. The second-order valence-electron chi connectivity index (χ2n) is 12.9. The van der Waals surface area contributed by atoms with E-state index in [0.29, 0.717) is 31.1 Å². The summed E-state index contributed by atoms with van der Waals surface area (Å²) in [6.07, 6.45) is 4.13. The van der Waals surface area contributed by atoms with Crippen molar-refractivity contribution in [3.8, 4) is 0 Å². The number of amides is 2. The Labute approximate surface area is 260 Å². The number of hydrogen-bond acceptors (Lipinski definition) is 4. The SMILES string of the molecule is O=C(NC[C@@H]1CCN(CC(c2ccccc2)c2ccccc2)C(=O)C2(CC2CN2CCCC2)N1)c1ccc2ccccc2c1. The Morgan fingerprint density at radius 2 is 1.50 bits per heavy atom. The lowest BCUT2D eigenvalue weighted by atomic mass is 9.90. The van der Waals surface area contributed by atoms with E-state index < -0.39 is 5.54 Å². The van der Waals surface area contributed by atoms with Crippen LogP contribution in [0.15, 0.2) is 103 Å². The van der Waals surface area contributed by atoms with E-state index in [-0.39, 0.29) is 23.8 Å². The van der Waals surface area contributed by atoms with Crippen LogP contribution < -0.4 is 10.6 Å². The molecule has 226 valence electrons. The van der Waals surface area contributed by atoms with Crippen molar-refractivity contribution in [3.63, 3.8) is 0 Å². The van der Waals surface area contributed by atoms with Crippen LogP contribution >= 0.6 is 0 Å². The summed E-state index contributed by atoms with van der Waals surface area (Å²) in [4.78, 5) is 32.4. The third kappa shape index (κ3) is 6.01. The first-order valence-electron chi connectivity index (χ1n) is 16.3. The van der Waals surface area contributed by atoms with Crippen LogP contribution in [0, 0.1) is 5.92 Å². The highest BCUT2D eigenvalue weighted by Gasteiger charge is 2.62. The highest BCUT2D eigenvalue weighted by atomic mass is 16.2. The van der Waals surface area contributed by atoms with Crippen LogP contribution in [0.25, 0.3) is 10.8 Å². The van der Waals surface area contributed by atoms with Crippen molar-refractivity contribution in [2.75, 3.05) is 39.3 Å². The average Bonchev–Trinajstić information content (AvgIpc) is 3.54. The van der Waals surface area contributed by atoms with E-state index in [0.717, 1.165) is 43.2 Å². The van der Waals surface area contributed by atoms with Crippen LogP contribution in [0.4, 0.5) is 0 Å². The van der Waals surface area contributed by atoms with Gasteiger partial charge in [0.1, 0.15) is 5.54 Å². The first kappa shape index (κ1) is 28.8. The van der Waals surface area contributed by atoms with Crippen molar-refractivity contribution in [2.45, 2.75) is 43.2 Å². The van der Waals surface area contributed by atoms with Crippen LogP contribution in [0.5, 0.6) is 0 Å². The molecule has 6 nitrogen and oxygen atoms in total. The Balaban J connectivity index is 1.10. The molecule has 3 fully saturated rings. The smallest absolute Gasteiger partial charge is 0.251 e. The van der Waals surface area contributed by atoms with Crippen molar-refractivity contribution in [3.05, 3.63) is 120 Å². The van der Waals surface area contributed by atoms with Crippen LogP contribution in [0.3, 0.4) is 0 Å². The van der Waals surface area contributed by atoms with Crippen molar-refractivity contribution in [1.29, 1.82) is 0 Å². The maximum Gasteiger partial charge on any atom is 0.251 e. The van der Waals surface area contributed by atoms with Crippen LogP contribution in [0.1, 0.15) is 53.1 Å². The van der Waals surface area contributed by atoms with E-state index in [1.807, 2.05) is 48.5 Å². The highest BCUT2D eigenvalue weighted by molar-refractivity contribution is 5.98. The minimum Gasteiger partial charge on any atom is -0.350 e. The maximum atomic E-state index is 14.5. The number of carbonyl (C=O) groups is 2. The normalized spacial score (nSPS) is 23.8. The second-order valence-corrected chi connectivity index (χ2v) is 12.9. The number of hydrogen-bond donors (Lipinski definition) is 2. The topological polar surface area (TPSA) is 64.7 Å². The molecule has 1 spiro atoms. The van der Waals surface area contributed by atoms with Crippen molar-refractivity contribution < 1.29 is 9.59 Å². The van der Waals surface area contributed by atoms with Crippen LogP contribution in [-0.2, 0) is 4.79 Å². The summed E-state index contributed by atoms with van der Waals surface area (Å²) in [5.74, 6) is 0.538. The molecule has 2 aliphatic heterocycles. The lowest BCUT2D eigenvalue weighted by molar-refractivity contribution is -0.134. The van der Waals surface area contributed by atoms with Gasteiger partial charge in [0, 0.05) is 49.6 Å². The quantitative estimate of drug-likeness (QED) is 0.274. The minimum atomic E-state index is -0.560. The number of nitrogens with one attached hydrogen (secondary N) is 2. The summed E-state index contributed by atoms with van der Waals surface area (Å²) < 4.78 is 0. The molecular weight excluding hydrogens is 544 g/mol. The van der Waals surface area contributed by atoms with E-state index in [9.17, 15) is 9.59 Å². The molecule has 0 aromatic heterocycles. The third-order valence-corrected chi connectivity index (χ3v) is 9.99. The zero-order valence-corrected chi connectivity index (χ0v) is 25.3. The van der Waals surface area contributed by atoms with Crippen molar-refractivity contribution in [1.82, 2.24) is 20.4 Å². The van der Waals surface area contributed by atoms with Gasteiger partial charge >= 0.3 is 0 Å². The molecule has 4 aromatic rings. The van der Waals surface area contributed by atoms with Crippen molar-refractivity contribution >= 4 is 22.6 Å². The zero-order chi connectivity index (χ0) is 29.9. The molecular formula is C38H42N4O2. The first-order chi connectivity index (χ1) is 21.6. The van der Waals surface area contributed by atoms with E-state index in [2.05, 4.69) is 75.0 Å². The molecule has 1 aliphatic carbocycles. The average molecular weight is 587 g/mol. The van der Waals surface area contributed by atoms with Gasteiger partial charge in [0.05, 0.1) is 0 Å². The zero-order valence-electron chi connectivity index (χ0n) is 25.3. The minimum absolute atomic E-state index is 0.0174. The van der Waals surface area contributed by atoms with Crippen LogP contribution in [-0.4, -0.2) is 72.5 Å². The largest absolute Gasteiger partial charge is 0.350 e. The van der Waals surface area contributed by atoms with Gasteiger partial charge in [-0.3, -0.25) is 14.9 Å². The highest BCUT2D eigenvalue weighted by Crippen LogP contribution is 2.47. The molecule has 2 N–H and O–H groups in total. The van der Waals surface area contributed by atoms with Gasteiger partial charge in [-0.1, -0.05) is 91.0 Å². The Hall–Kier alpha value is -4.00.